The number of rotatable bonds is 5. The number of carbonyl (C=O) groups excluding carboxylic acids is 1. The van der Waals surface area contributed by atoms with E-state index < -0.39 is 6.10 Å². The number of benzene rings is 1. The number of amides is 1. The molecule has 1 N–H and O–H groups in total. The molecule has 0 spiro atoms. The molecule has 2 fully saturated rings. The Morgan fingerprint density at radius 2 is 2.15 bits per heavy atom. The molecule has 0 saturated heterocycles. The number of carbonyl (C=O) groups is 1. The zero-order valence-electron chi connectivity index (χ0n) is 11.6. The number of halogens is 1. The van der Waals surface area contributed by atoms with Gasteiger partial charge in [-0.3, -0.25) is 4.79 Å². The number of hydrogen-bond acceptors (Lipinski definition) is 2. The number of aliphatic hydroxyl groups is 1. The van der Waals surface area contributed by atoms with Crippen LogP contribution in [0.4, 0.5) is 4.39 Å². The van der Waals surface area contributed by atoms with Gasteiger partial charge < -0.3 is 10.0 Å². The first kappa shape index (κ1) is 13.6. The molecule has 3 atom stereocenters. The third-order valence-corrected chi connectivity index (χ3v) is 4.42. The predicted octanol–water partition coefficient (Wildman–Crippen LogP) is 2.16. The summed E-state index contributed by atoms with van der Waals surface area (Å²) in [7, 11) is 1.73. The van der Waals surface area contributed by atoms with Crippen molar-refractivity contribution in [2.45, 2.75) is 31.3 Å². The first-order chi connectivity index (χ1) is 9.58. The molecule has 3 rings (SSSR count). The van der Waals surface area contributed by atoms with Crippen LogP contribution < -0.4 is 0 Å². The van der Waals surface area contributed by atoms with Crippen molar-refractivity contribution in [2.24, 2.45) is 11.8 Å². The van der Waals surface area contributed by atoms with Crippen LogP contribution in [0, 0.1) is 17.7 Å². The number of aliphatic hydroxyl groups excluding tert-OH is 1. The fraction of sp³-hybridized carbons (Fsp3) is 0.562. The van der Waals surface area contributed by atoms with Crippen molar-refractivity contribution in [1.29, 1.82) is 0 Å². The Morgan fingerprint density at radius 1 is 1.45 bits per heavy atom. The molecule has 0 bridgehead atoms. The van der Waals surface area contributed by atoms with E-state index in [9.17, 15) is 14.3 Å². The van der Waals surface area contributed by atoms with Gasteiger partial charge in [-0.15, -0.1) is 0 Å². The van der Waals surface area contributed by atoms with Crippen LogP contribution in [0.3, 0.4) is 0 Å². The highest BCUT2D eigenvalue weighted by molar-refractivity contribution is 5.82. The second-order valence-corrected chi connectivity index (χ2v) is 6.09. The largest absolute Gasteiger partial charge is 0.391 e. The maximum Gasteiger partial charge on any atom is 0.226 e. The monoisotopic (exact) mass is 277 g/mol. The lowest BCUT2D eigenvalue weighted by atomic mass is 10.1. The van der Waals surface area contributed by atoms with Gasteiger partial charge in [-0.1, -0.05) is 18.2 Å². The first-order valence-corrected chi connectivity index (χ1v) is 7.25. The molecule has 108 valence electrons. The molecule has 0 unspecified atom stereocenters. The normalized spacial score (nSPS) is 26.1. The first-order valence-electron chi connectivity index (χ1n) is 7.25. The van der Waals surface area contributed by atoms with Crippen molar-refractivity contribution >= 4 is 5.91 Å². The Labute approximate surface area is 118 Å². The summed E-state index contributed by atoms with van der Waals surface area (Å²) < 4.78 is 13.7. The molecule has 2 aliphatic rings. The molecule has 4 heteroatoms. The van der Waals surface area contributed by atoms with Crippen molar-refractivity contribution in [3.8, 4) is 0 Å². The maximum atomic E-state index is 13.7. The van der Waals surface area contributed by atoms with E-state index in [0.717, 1.165) is 12.8 Å². The predicted molar refractivity (Wildman–Crippen MR) is 73.6 cm³/mol. The van der Waals surface area contributed by atoms with Gasteiger partial charge >= 0.3 is 0 Å². The van der Waals surface area contributed by atoms with Gasteiger partial charge in [-0.25, -0.2) is 4.39 Å². The van der Waals surface area contributed by atoms with E-state index in [1.165, 1.54) is 6.07 Å². The van der Waals surface area contributed by atoms with Crippen molar-refractivity contribution in [3.05, 3.63) is 35.6 Å². The zero-order valence-corrected chi connectivity index (χ0v) is 11.6. The van der Waals surface area contributed by atoms with E-state index in [0.29, 0.717) is 24.4 Å². The molecule has 0 radical (unpaired) electrons. The summed E-state index contributed by atoms with van der Waals surface area (Å²) in [6, 6.07) is 6.66. The van der Waals surface area contributed by atoms with Gasteiger partial charge in [0.15, 0.2) is 0 Å². The average Bonchev–Trinajstić information content (AvgIpc) is 3.29. The van der Waals surface area contributed by atoms with Gasteiger partial charge in [-0.05, 0) is 42.7 Å². The van der Waals surface area contributed by atoms with Crippen LogP contribution in [0.15, 0.2) is 24.3 Å². The highest BCUT2D eigenvalue weighted by Gasteiger charge is 2.46. The summed E-state index contributed by atoms with van der Waals surface area (Å²) in [5.74, 6) is 0.0470. The molecule has 1 aromatic rings. The van der Waals surface area contributed by atoms with Gasteiger partial charge in [-0.2, -0.15) is 0 Å². The van der Waals surface area contributed by atoms with Gasteiger partial charge in [0, 0.05) is 19.5 Å². The summed E-state index contributed by atoms with van der Waals surface area (Å²) in [4.78, 5) is 13.9. The summed E-state index contributed by atoms with van der Waals surface area (Å²) in [5, 5.41) is 9.88. The van der Waals surface area contributed by atoms with Crippen LogP contribution in [-0.2, 0) is 4.79 Å². The minimum absolute atomic E-state index is 0.00391. The van der Waals surface area contributed by atoms with Gasteiger partial charge in [0.25, 0.3) is 0 Å². The molecule has 20 heavy (non-hydrogen) atoms. The van der Waals surface area contributed by atoms with Crippen LogP contribution in [0.25, 0.3) is 0 Å². The number of nitrogens with zero attached hydrogens (tertiary/aromatic N) is 1. The standard InChI is InChI=1S/C16H20FNO2/c1-18(9-15(19)10-6-7-10)16(20)13-8-12(13)11-4-2-3-5-14(11)17/h2-5,10,12-13,15,19H,6-9H2,1H3/t12-,13+,15+/m1/s1. The molecule has 0 heterocycles. The van der Waals surface area contributed by atoms with Gasteiger partial charge in [0.1, 0.15) is 5.82 Å². The van der Waals surface area contributed by atoms with E-state index in [4.69, 9.17) is 0 Å². The smallest absolute Gasteiger partial charge is 0.226 e. The quantitative estimate of drug-likeness (QED) is 0.896. The summed E-state index contributed by atoms with van der Waals surface area (Å²) in [6.45, 7) is 0.393. The Morgan fingerprint density at radius 3 is 2.80 bits per heavy atom. The summed E-state index contributed by atoms with van der Waals surface area (Å²) in [6.07, 6.45) is 2.42. The fourth-order valence-electron chi connectivity index (χ4n) is 2.87. The van der Waals surface area contributed by atoms with Crippen LogP contribution >= 0.6 is 0 Å². The Balaban J connectivity index is 1.58. The lowest BCUT2D eigenvalue weighted by Gasteiger charge is -2.21. The van der Waals surface area contributed by atoms with Gasteiger partial charge in [0.2, 0.25) is 5.91 Å². The summed E-state index contributed by atoms with van der Waals surface area (Å²) in [5.41, 5.74) is 0.641. The van der Waals surface area contributed by atoms with Crippen LogP contribution in [-0.4, -0.2) is 35.6 Å². The molecule has 1 aromatic carbocycles. The number of hydrogen-bond donors (Lipinski definition) is 1. The lowest BCUT2D eigenvalue weighted by molar-refractivity contribution is -0.132. The minimum Gasteiger partial charge on any atom is -0.391 e. The highest BCUT2D eigenvalue weighted by Crippen LogP contribution is 2.49. The molecular weight excluding hydrogens is 257 g/mol. The van der Waals surface area contributed by atoms with Crippen molar-refractivity contribution in [3.63, 3.8) is 0 Å². The van der Waals surface area contributed by atoms with Crippen molar-refractivity contribution < 1.29 is 14.3 Å². The van der Waals surface area contributed by atoms with Crippen LogP contribution in [0.2, 0.25) is 0 Å². The minimum atomic E-state index is -0.408. The van der Waals surface area contributed by atoms with Gasteiger partial charge in [0.05, 0.1) is 6.10 Å². The number of likely N-dealkylation sites (N-methyl/N-ethyl adjacent to an activating group) is 1. The van der Waals surface area contributed by atoms with E-state index >= 15 is 0 Å². The Bertz CT molecular complexity index is 515. The Hall–Kier alpha value is -1.42. The van der Waals surface area contributed by atoms with Crippen LogP contribution in [0.1, 0.15) is 30.7 Å². The van der Waals surface area contributed by atoms with E-state index in [1.54, 1.807) is 30.1 Å². The average molecular weight is 277 g/mol. The Kier molecular flexibility index (Phi) is 3.50. The second-order valence-electron chi connectivity index (χ2n) is 6.09. The fourth-order valence-corrected chi connectivity index (χ4v) is 2.87. The second kappa shape index (κ2) is 5.17. The third kappa shape index (κ3) is 2.70. The maximum absolute atomic E-state index is 13.7. The third-order valence-electron chi connectivity index (χ3n) is 4.42. The van der Waals surface area contributed by atoms with Crippen LogP contribution in [0.5, 0.6) is 0 Å². The van der Waals surface area contributed by atoms with E-state index in [1.807, 2.05) is 0 Å². The zero-order chi connectivity index (χ0) is 14.3. The van der Waals surface area contributed by atoms with Crippen molar-refractivity contribution in [1.82, 2.24) is 4.90 Å². The molecular formula is C16H20FNO2. The summed E-state index contributed by atoms with van der Waals surface area (Å²) >= 11 is 0. The molecule has 2 saturated carbocycles. The molecule has 0 aliphatic heterocycles. The molecule has 1 amide bonds. The molecule has 3 nitrogen and oxygen atoms in total. The highest BCUT2D eigenvalue weighted by atomic mass is 19.1. The molecule has 0 aromatic heterocycles. The van der Waals surface area contributed by atoms with E-state index in [2.05, 4.69) is 0 Å². The van der Waals surface area contributed by atoms with Crippen molar-refractivity contribution in [2.75, 3.05) is 13.6 Å². The van der Waals surface area contributed by atoms with E-state index in [-0.39, 0.29) is 23.6 Å². The topological polar surface area (TPSA) is 40.5 Å². The lowest BCUT2D eigenvalue weighted by Crippen LogP contribution is -2.36. The molecule has 2 aliphatic carbocycles. The SMILES string of the molecule is CN(C[C@H](O)C1CC1)C(=O)[C@H]1C[C@@H]1c1ccccc1F.